The summed E-state index contributed by atoms with van der Waals surface area (Å²) < 4.78 is 57.1. The summed E-state index contributed by atoms with van der Waals surface area (Å²) in [5, 5.41) is 10.3. The lowest BCUT2D eigenvalue weighted by Gasteiger charge is -2.20. The van der Waals surface area contributed by atoms with Gasteiger partial charge in [0.05, 0.1) is 30.5 Å². The second kappa shape index (κ2) is 15.5. The molecule has 2 aromatic carbocycles. The zero-order chi connectivity index (χ0) is 29.9. The number of aromatic nitrogens is 2. The van der Waals surface area contributed by atoms with Crippen molar-refractivity contribution in [2.45, 2.75) is 46.9 Å². The van der Waals surface area contributed by atoms with Crippen LogP contribution in [0.1, 0.15) is 39.7 Å². The zero-order valence-corrected chi connectivity index (χ0v) is 23.5. The summed E-state index contributed by atoms with van der Waals surface area (Å²) in [4.78, 5) is 24.4. The van der Waals surface area contributed by atoms with Crippen molar-refractivity contribution in [2.75, 3.05) is 25.0 Å². The minimum atomic E-state index is -4.46. The molecule has 1 aromatic heterocycles. The molecule has 7 nitrogen and oxygen atoms in total. The van der Waals surface area contributed by atoms with E-state index >= 15 is 0 Å². The lowest BCUT2D eigenvalue weighted by Crippen LogP contribution is -2.42. The van der Waals surface area contributed by atoms with Crippen LogP contribution in [0.4, 0.5) is 23.4 Å². The van der Waals surface area contributed by atoms with Crippen molar-refractivity contribution in [3.05, 3.63) is 64.9 Å². The first-order valence-corrected chi connectivity index (χ1v) is 13.3. The van der Waals surface area contributed by atoms with E-state index in [1.54, 1.807) is 18.2 Å². The molecule has 0 bridgehead atoms. The maximum Gasteiger partial charge on any atom is 0.411 e. The number of benzene rings is 2. The number of carbonyl (C=O) groups is 2. The first-order valence-electron chi connectivity index (χ1n) is 12.9. The molecule has 1 saturated heterocycles. The highest BCUT2D eigenvalue weighted by Gasteiger charge is 2.28. The Kier molecular flexibility index (Phi) is 12.8. The number of halogens is 5. The summed E-state index contributed by atoms with van der Waals surface area (Å²) in [5.41, 5.74) is 1.79. The van der Waals surface area contributed by atoms with Gasteiger partial charge in [0.25, 0.3) is 0 Å². The standard InChI is InChI=1S/C24H21ClF4N4O3.2C2H6/c25-17-6-14(12-36-13-24(27,28)29)5-15(7-17)21-9-22(31-23(35)16-8-20(34)11-30-10-16)32-33(21)19-3-1-18(26)2-4-19;2*1-2/h1-7,9,16,30H,8,10-13H2,(H,31,32,35);2*1-2H3/t16-;;/m0../s1. The summed E-state index contributed by atoms with van der Waals surface area (Å²) in [5.74, 6) is -1.31. The molecule has 1 fully saturated rings. The molecular formula is C28H33ClF4N4O3. The monoisotopic (exact) mass is 584 g/mol. The van der Waals surface area contributed by atoms with E-state index in [0.29, 0.717) is 29.1 Å². The third-order valence-corrected chi connectivity index (χ3v) is 5.60. The Morgan fingerprint density at radius 1 is 1.12 bits per heavy atom. The molecule has 4 rings (SSSR count). The molecule has 0 saturated carbocycles. The SMILES string of the molecule is CC.CC.O=C1CNC[C@@H](C(=O)Nc2cc(-c3cc(Cl)cc(COCC(F)(F)F)c3)n(-c3ccc(F)cc3)n2)C1. The molecule has 0 spiro atoms. The van der Waals surface area contributed by atoms with E-state index in [1.807, 2.05) is 27.7 Å². The number of alkyl halides is 3. The van der Waals surface area contributed by atoms with Gasteiger partial charge in [-0.3, -0.25) is 9.59 Å². The second-order valence-corrected chi connectivity index (χ2v) is 8.76. The molecular weight excluding hydrogens is 552 g/mol. The van der Waals surface area contributed by atoms with E-state index in [0.717, 1.165) is 0 Å². The lowest BCUT2D eigenvalue weighted by atomic mass is 9.98. The molecule has 1 amide bonds. The van der Waals surface area contributed by atoms with Crippen LogP contribution in [0, 0.1) is 11.7 Å². The Morgan fingerprint density at radius 2 is 1.80 bits per heavy atom. The largest absolute Gasteiger partial charge is 0.411 e. The van der Waals surface area contributed by atoms with Crippen LogP contribution in [0.25, 0.3) is 16.9 Å². The predicted molar refractivity (Wildman–Crippen MR) is 147 cm³/mol. The van der Waals surface area contributed by atoms with Crippen molar-refractivity contribution in [3.63, 3.8) is 0 Å². The van der Waals surface area contributed by atoms with Gasteiger partial charge in [-0.2, -0.15) is 13.2 Å². The second-order valence-electron chi connectivity index (χ2n) is 8.32. The Morgan fingerprint density at radius 3 is 2.42 bits per heavy atom. The number of rotatable bonds is 7. The Bertz CT molecular complexity index is 1260. The minimum absolute atomic E-state index is 0.0712. The predicted octanol–water partition coefficient (Wildman–Crippen LogP) is 6.58. The fraction of sp³-hybridized carbons (Fsp3) is 0.393. The van der Waals surface area contributed by atoms with Gasteiger partial charge in [-0.25, -0.2) is 9.07 Å². The number of ether oxygens (including phenoxy) is 1. The minimum Gasteiger partial charge on any atom is -0.367 e. The maximum absolute atomic E-state index is 13.5. The molecule has 1 atom stereocenters. The van der Waals surface area contributed by atoms with Crippen LogP contribution >= 0.6 is 11.6 Å². The number of anilines is 1. The number of nitrogens with zero attached hydrogens (tertiary/aromatic N) is 2. The zero-order valence-electron chi connectivity index (χ0n) is 22.7. The van der Waals surface area contributed by atoms with Gasteiger partial charge in [-0.15, -0.1) is 5.10 Å². The van der Waals surface area contributed by atoms with E-state index in [1.165, 1.54) is 35.0 Å². The molecule has 2 N–H and O–H groups in total. The first-order chi connectivity index (χ1) is 19.1. The average molecular weight is 585 g/mol. The van der Waals surface area contributed by atoms with E-state index < -0.39 is 30.4 Å². The van der Waals surface area contributed by atoms with Gasteiger partial charge in [0.2, 0.25) is 5.91 Å². The fourth-order valence-electron chi connectivity index (χ4n) is 3.81. The molecule has 12 heteroatoms. The van der Waals surface area contributed by atoms with Crippen molar-refractivity contribution in [1.82, 2.24) is 15.1 Å². The highest BCUT2D eigenvalue weighted by atomic mass is 35.5. The van der Waals surface area contributed by atoms with Gasteiger partial charge in [0.1, 0.15) is 18.2 Å². The molecule has 0 unspecified atom stereocenters. The summed E-state index contributed by atoms with van der Waals surface area (Å²) in [6.07, 6.45) is -4.35. The third-order valence-electron chi connectivity index (χ3n) is 5.38. The number of piperidine rings is 1. The highest BCUT2D eigenvalue weighted by molar-refractivity contribution is 6.31. The molecule has 2 heterocycles. The van der Waals surface area contributed by atoms with Crippen LogP contribution in [0.15, 0.2) is 48.5 Å². The Labute approximate surface area is 235 Å². The maximum atomic E-state index is 13.5. The molecule has 1 aliphatic heterocycles. The van der Waals surface area contributed by atoms with Crippen LogP contribution < -0.4 is 10.6 Å². The van der Waals surface area contributed by atoms with Gasteiger partial charge in [-0.1, -0.05) is 39.3 Å². The number of Topliss-reactive ketones (excluding diaryl/α,β-unsaturated/α-hetero) is 1. The molecule has 0 aliphatic carbocycles. The Balaban J connectivity index is 0.00000134. The average Bonchev–Trinajstić information content (AvgIpc) is 3.34. The first kappa shape index (κ1) is 32.9. The van der Waals surface area contributed by atoms with Crippen molar-refractivity contribution in [1.29, 1.82) is 0 Å². The fourth-order valence-corrected chi connectivity index (χ4v) is 4.07. The van der Waals surface area contributed by atoms with Gasteiger partial charge in [0.15, 0.2) is 5.82 Å². The molecule has 0 radical (unpaired) electrons. The van der Waals surface area contributed by atoms with E-state index in [-0.39, 0.29) is 36.2 Å². The number of hydrogen-bond donors (Lipinski definition) is 2. The van der Waals surface area contributed by atoms with Crippen molar-refractivity contribution >= 4 is 29.1 Å². The summed E-state index contributed by atoms with van der Waals surface area (Å²) in [6.45, 7) is 6.83. The molecule has 40 heavy (non-hydrogen) atoms. The van der Waals surface area contributed by atoms with E-state index in [9.17, 15) is 27.2 Å². The van der Waals surface area contributed by atoms with Crippen molar-refractivity contribution < 1.29 is 31.9 Å². The summed E-state index contributed by atoms with van der Waals surface area (Å²) in [7, 11) is 0. The molecule has 218 valence electrons. The third kappa shape index (κ3) is 9.72. The van der Waals surface area contributed by atoms with Gasteiger partial charge in [-0.05, 0) is 48.0 Å². The number of nitrogens with one attached hydrogen (secondary N) is 2. The number of carbonyl (C=O) groups excluding carboxylic acids is 2. The van der Waals surface area contributed by atoms with Crippen LogP contribution in [0.5, 0.6) is 0 Å². The van der Waals surface area contributed by atoms with Gasteiger partial charge < -0.3 is 15.4 Å². The van der Waals surface area contributed by atoms with Crippen molar-refractivity contribution in [3.8, 4) is 16.9 Å². The van der Waals surface area contributed by atoms with E-state index in [4.69, 9.17) is 16.3 Å². The van der Waals surface area contributed by atoms with Crippen LogP contribution in [-0.4, -0.2) is 47.3 Å². The molecule has 3 aromatic rings. The summed E-state index contributed by atoms with van der Waals surface area (Å²) >= 11 is 6.23. The molecule has 1 aliphatic rings. The topological polar surface area (TPSA) is 85.3 Å². The van der Waals surface area contributed by atoms with E-state index in [2.05, 4.69) is 15.7 Å². The quantitative estimate of drug-likeness (QED) is 0.306. The number of amides is 1. The number of ketones is 1. The lowest BCUT2D eigenvalue weighted by molar-refractivity contribution is -0.176. The Hall–Kier alpha value is -3.28. The normalized spacial score (nSPS) is 14.9. The van der Waals surface area contributed by atoms with Crippen LogP contribution in [0.3, 0.4) is 0 Å². The van der Waals surface area contributed by atoms with Crippen LogP contribution in [-0.2, 0) is 20.9 Å². The smallest absolute Gasteiger partial charge is 0.367 e. The van der Waals surface area contributed by atoms with Gasteiger partial charge >= 0.3 is 6.18 Å². The van der Waals surface area contributed by atoms with Crippen molar-refractivity contribution in [2.24, 2.45) is 5.92 Å². The highest BCUT2D eigenvalue weighted by Crippen LogP contribution is 2.30. The number of hydrogen-bond acceptors (Lipinski definition) is 5. The van der Waals surface area contributed by atoms with Gasteiger partial charge in [0, 0.05) is 29.6 Å². The summed E-state index contributed by atoms with van der Waals surface area (Å²) in [6, 6.07) is 11.7. The van der Waals surface area contributed by atoms with Crippen LogP contribution in [0.2, 0.25) is 5.02 Å².